The maximum Gasteiger partial charge on any atom is 0.251 e. The van der Waals surface area contributed by atoms with Crippen LogP contribution in [0.4, 0.5) is 0 Å². The first-order valence-corrected chi connectivity index (χ1v) is 11.3. The largest absolute Gasteiger partial charge is 0.354 e. The zero-order chi connectivity index (χ0) is 19.5. The van der Waals surface area contributed by atoms with E-state index in [9.17, 15) is 9.59 Å². The van der Waals surface area contributed by atoms with Gasteiger partial charge in [-0.3, -0.25) is 9.59 Å². The Morgan fingerprint density at radius 1 is 1.15 bits per heavy atom. The lowest BCUT2D eigenvalue weighted by Gasteiger charge is -2.29. The third-order valence-corrected chi connectivity index (χ3v) is 5.56. The lowest BCUT2D eigenvalue weighted by molar-refractivity contribution is -0.123. The average molecular weight is 392 g/mol. The van der Waals surface area contributed by atoms with Gasteiger partial charge in [0.05, 0.1) is 0 Å². The molecule has 27 heavy (non-hydrogen) atoms. The molecule has 1 aliphatic rings. The van der Waals surface area contributed by atoms with Gasteiger partial charge >= 0.3 is 0 Å². The molecule has 0 radical (unpaired) electrons. The fourth-order valence-electron chi connectivity index (χ4n) is 3.38. The molecule has 0 spiro atoms. The van der Waals surface area contributed by atoms with Crippen molar-refractivity contribution in [2.75, 3.05) is 38.2 Å². The number of likely N-dealkylation sites (tertiary alicyclic amines) is 1. The predicted molar refractivity (Wildman–Crippen MR) is 113 cm³/mol. The van der Waals surface area contributed by atoms with Crippen molar-refractivity contribution < 1.29 is 9.59 Å². The molecule has 1 heterocycles. The number of carbonyl (C=O) groups excluding carboxylic acids is 2. The van der Waals surface area contributed by atoms with E-state index in [1.165, 1.54) is 32.4 Å². The molecule has 5 nitrogen and oxygen atoms in total. The number of nitrogens with one attached hydrogen (secondary N) is 2. The van der Waals surface area contributed by atoms with E-state index in [-0.39, 0.29) is 11.8 Å². The van der Waals surface area contributed by atoms with Crippen molar-refractivity contribution in [1.29, 1.82) is 0 Å². The van der Waals surface area contributed by atoms with E-state index in [0.717, 1.165) is 12.3 Å². The predicted octanol–water partition coefficient (Wildman–Crippen LogP) is 2.78. The molecule has 1 saturated heterocycles. The van der Waals surface area contributed by atoms with Gasteiger partial charge in [-0.15, -0.1) is 0 Å². The number of piperidine rings is 1. The SMILES string of the molecule is CSCCC(NC(=O)c1ccccc1)C(=O)NCC(C)CN1CCCCC1. The molecule has 1 aromatic rings. The maximum absolute atomic E-state index is 12.7. The van der Waals surface area contributed by atoms with E-state index in [2.05, 4.69) is 22.5 Å². The number of thioether (sulfide) groups is 1. The van der Waals surface area contributed by atoms with Gasteiger partial charge in [0.25, 0.3) is 5.91 Å². The van der Waals surface area contributed by atoms with Crippen LogP contribution in [-0.4, -0.2) is 60.9 Å². The molecule has 6 heteroatoms. The second-order valence-electron chi connectivity index (χ2n) is 7.39. The molecular formula is C21H33N3O2S. The van der Waals surface area contributed by atoms with Crippen LogP contribution >= 0.6 is 11.8 Å². The molecule has 150 valence electrons. The summed E-state index contributed by atoms with van der Waals surface area (Å²) in [6.45, 7) is 6.18. The van der Waals surface area contributed by atoms with Crippen LogP contribution in [0.3, 0.4) is 0 Å². The fourth-order valence-corrected chi connectivity index (χ4v) is 3.85. The highest BCUT2D eigenvalue weighted by molar-refractivity contribution is 7.98. The van der Waals surface area contributed by atoms with Crippen molar-refractivity contribution in [3.63, 3.8) is 0 Å². The standard InChI is InChI=1S/C21H33N3O2S/c1-17(16-24-12-7-4-8-13-24)15-22-21(26)19(11-14-27-2)23-20(25)18-9-5-3-6-10-18/h3,5-6,9-10,17,19H,4,7-8,11-16H2,1-2H3,(H,22,26)(H,23,25). The van der Waals surface area contributed by atoms with Crippen molar-refractivity contribution in [3.05, 3.63) is 35.9 Å². The summed E-state index contributed by atoms with van der Waals surface area (Å²) >= 11 is 1.68. The monoisotopic (exact) mass is 391 g/mol. The molecule has 2 N–H and O–H groups in total. The maximum atomic E-state index is 12.7. The Hall–Kier alpha value is -1.53. The summed E-state index contributed by atoms with van der Waals surface area (Å²) in [6, 6.07) is 8.56. The number of hydrogen-bond donors (Lipinski definition) is 2. The molecule has 2 rings (SSSR count). The minimum absolute atomic E-state index is 0.0844. The van der Waals surface area contributed by atoms with Crippen LogP contribution in [0.2, 0.25) is 0 Å². The summed E-state index contributed by atoms with van der Waals surface area (Å²) in [7, 11) is 0. The Morgan fingerprint density at radius 2 is 1.85 bits per heavy atom. The van der Waals surface area contributed by atoms with Gasteiger partial charge in [-0.05, 0) is 62.4 Å². The van der Waals surface area contributed by atoms with E-state index in [4.69, 9.17) is 0 Å². The lowest BCUT2D eigenvalue weighted by Crippen LogP contribution is -2.48. The van der Waals surface area contributed by atoms with E-state index in [0.29, 0.717) is 24.4 Å². The first kappa shape index (κ1) is 21.8. The summed E-state index contributed by atoms with van der Waals surface area (Å²) in [5.74, 6) is 0.950. The normalized spacial score (nSPS) is 17.1. The summed E-state index contributed by atoms with van der Waals surface area (Å²) in [5, 5.41) is 5.95. The Labute approximate surface area is 167 Å². The smallest absolute Gasteiger partial charge is 0.251 e. The summed E-state index contributed by atoms with van der Waals surface area (Å²) in [5.41, 5.74) is 0.581. The molecule has 0 aliphatic carbocycles. The summed E-state index contributed by atoms with van der Waals surface area (Å²) < 4.78 is 0. The zero-order valence-corrected chi connectivity index (χ0v) is 17.4. The van der Waals surface area contributed by atoms with Crippen molar-refractivity contribution in [3.8, 4) is 0 Å². The van der Waals surface area contributed by atoms with Gasteiger partial charge in [0.2, 0.25) is 5.91 Å². The van der Waals surface area contributed by atoms with Crippen LogP contribution in [0.15, 0.2) is 30.3 Å². The van der Waals surface area contributed by atoms with Crippen molar-refractivity contribution in [1.82, 2.24) is 15.5 Å². The molecule has 1 fully saturated rings. The highest BCUT2D eigenvalue weighted by Gasteiger charge is 2.22. The van der Waals surface area contributed by atoms with Crippen molar-refractivity contribution in [2.24, 2.45) is 5.92 Å². The Morgan fingerprint density at radius 3 is 2.52 bits per heavy atom. The van der Waals surface area contributed by atoms with Gasteiger partial charge in [0.15, 0.2) is 0 Å². The van der Waals surface area contributed by atoms with Crippen molar-refractivity contribution in [2.45, 2.75) is 38.6 Å². The summed E-state index contributed by atoms with van der Waals surface area (Å²) in [4.78, 5) is 27.6. The Kier molecular flexibility index (Phi) is 9.70. The highest BCUT2D eigenvalue weighted by atomic mass is 32.2. The molecule has 1 aromatic carbocycles. The second-order valence-corrected chi connectivity index (χ2v) is 8.37. The van der Waals surface area contributed by atoms with Crippen LogP contribution in [0, 0.1) is 5.92 Å². The van der Waals surface area contributed by atoms with Gasteiger partial charge < -0.3 is 15.5 Å². The molecule has 1 aliphatic heterocycles. The Bertz CT molecular complexity index is 576. The Balaban J connectivity index is 1.82. The van der Waals surface area contributed by atoms with Gasteiger partial charge in [-0.1, -0.05) is 31.5 Å². The number of amides is 2. The number of hydrogen-bond acceptors (Lipinski definition) is 4. The van der Waals surface area contributed by atoms with E-state index in [1.54, 1.807) is 23.9 Å². The van der Waals surface area contributed by atoms with Gasteiger partial charge in [-0.2, -0.15) is 11.8 Å². The van der Waals surface area contributed by atoms with Crippen molar-refractivity contribution >= 4 is 23.6 Å². The first-order chi connectivity index (χ1) is 13.1. The van der Waals surface area contributed by atoms with Crippen LogP contribution in [-0.2, 0) is 4.79 Å². The van der Waals surface area contributed by atoms with E-state index < -0.39 is 6.04 Å². The van der Waals surface area contributed by atoms with Gasteiger partial charge in [0, 0.05) is 18.7 Å². The highest BCUT2D eigenvalue weighted by Crippen LogP contribution is 2.11. The van der Waals surface area contributed by atoms with Gasteiger partial charge in [-0.25, -0.2) is 0 Å². The van der Waals surface area contributed by atoms with Crippen LogP contribution in [0.25, 0.3) is 0 Å². The topological polar surface area (TPSA) is 61.4 Å². The lowest BCUT2D eigenvalue weighted by atomic mass is 10.1. The first-order valence-electron chi connectivity index (χ1n) is 9.95. The third-order valence-electron chi connectivity index (χ3n) is 4.91. The number of nitrogens with zero attached hydrogens (tertiary/aromatic N) is 1. The average Bonchev–Trinajstić information content (AvgIpc) is 2.70. The number of carbonyl (C=O) groups is 2. The summed E-state index contributed by atoms with van der Waals surface area (Å²) in [6.07, 6.45) is 6.53. The second kappa shape index (κ2) is 12.0. The number of rotatable bonds is 10. The third kappa shape index (κ3) is 7.93. The van der Waals surface area contributed by atoms with Crippen LogP contribution in [0.5, 0.6) is 0 Å². The molecule has 0 saturated carbocycles. The molecule has 2 atom stereocenters. The van der Waals surface area contributed by atoms with E-state index in [1.807, 2.05) is 24.5 Å². The minimum Gasteiger partial charge on any atom is -0.354 e. The zero-order valence-electron chi connectivity index (χ0n) is 16.6. The fraction of sp³-hybridized carbons (Fsp3) is 0.619. The number of benzene rings is 1. The molecule has 2 amide bonds. The van der Waals surface area contributed by atoms with Crippen LogP contribution < -0.4 is 10.6 Å². The van der Waals surface area contributed by atoms with Crippen LogP contribution in [0.1, 0.15) is 43.0 Å². The molecular weight excluding hydrogens is 358 g/mol. The van der Waals surface area contributed by atoms with Gasteiger partial charge in [0.1, 0.15) is 6.04 Å². The molecule has 0 bridgehead atoms. The van der Waals surface area contributed by atoms with E-state index >= 15 is 0 Å². The quantitative estimate of drug-likeness (QED) is 0.644. The molecule has 0 aromatic heterocycles. The molecule has 2 unspecified atom stereocenters. The minimum atomic E-state index is -0.493.